The van der Waals surface area contributed by atoms with Gasteiger partial charge in [0.05, 0.1) is 29.1 Å². The molecule has 0 amide bonds. The summed E-state index contributed by atoms with van der Waals surface area (Å²) < 4.78 is 25.8. The van der Waals surface area contributed by atoms with E-state index in [1.807, 2.05) is 13.0 Å². The molecule has 0 bridgehead atoms. The van der Waals surface area contributed by atoms with Crippen LogP contribution >= 0.6 is 0 Å². The molecule has 1 atom stereocenters. The van der Waals surface area contributed by atoms with Crippen LogP contribution in [-0.4, -0.2) is 33.3 Å². The van der Waals surface area contributed by atoms with E-state index in [2.05, 4.69) is 5.32 Å². The Morgan fingerprint density at radius 3 is 2.67 bits per heavy atom. The Morgan fingerprint density at radius 1 is 1.39 bits per heavy atom. The quantitative estimate of drug-likeness (QED) is 0.810. The first-order valence-electron chi connectivity index (χ1n) is 5.77. The average Bonchev–Trinajstić information content (AvgIpc) is 2.48. The lowest BCUT2D eigenvalue weighted by molar-refractivity contribution is 0.586. The fourth-order valence-electron chi connectivity index (χ4n) is 2.07. The fourth-order valence-corrected chi connectivity index (χ4v) is 3.73. The van der Waals surface area contributed by atoms with Crippen LogP contribution in [0.2, 0.25) is 0 Å². The molecule has 1 saturated heterocycles. The second-order valence-corrected chi connectivity index (χ2v) is 6.29. The SMILES string of the molecule is CC1CNCCS(=O)(=O)N1c1ccc(C#N)cc1. The first-order chi connectivity index (χ1) is 8.54. The number of anilines is 1. The number of hydrogen-bond donors (Lipinski definition) is 1. The van der Waals surface area contributed by atoms with Crippen molar-refractivity contribution in [2.45, 2.75) is 13.0 Å². The van der Waals surface area contributed by atoms with E-state index in [0.717, 1.165) is 0 Å². The van der Waals surface area contributed by atoms with Crippen molar-refractivity contribution in [1.29, 1.82) is 5.26 Å². The summed E-state index contributed by atoms with van der Waals surface area (Å²) in [7, 11) is -3.29. The summed E-state index contributed by atoms with van der Waals surface area (Å²) in [5, 5.41) is 11.8. The van der Waals surface area contributed by atoms with Crippen LogP contribution in [0, 0.1) is 11.3 Å². The van der Waals surface area contributed by atoms with Gasteiger partial charge in [-0.2, -0.15) is 5.26 Å². The number of hydrogen-bond acceptors (Lipinski definition) is 4. The Morgan fingerprint density at radius 2 is 2.06 bits per heavy atom. The van der Waals surface area contributed by atoms with E-state index in [1.165, 1.54) is 4.31 Å². The minimum atomic E-state index is -3.29. The topological polar surface area (TPSA) is 73.2 Å². The fraction of sp³-hybridized carbons (Fsp3) is 0.417. The molecule has 96 valence electrons. The summed E-state index contributed by atoms with van der Waals surface area (Å²) >= 11 is 0. The van der Waals surface area contributed by atoms with Crippen LogP contribution in [0.3, 0.4) is 0 Å². The Balaban J connectivity index is 2.41. The molecule has 0 aromatic heterocycles. The molecular formula is C12H15N3O2S. The number of sulfonamides is 1. The highest BCUT2D eigenvalue weighted by atomic mass is 32.2. The van der Waals surface area contributed by atoms with Crippen molar-refractivity contribution in [2.24, 2.45) is 0 Å². The lowest BCUT2D eigenvalue weighted by Gasteiger charge is -2.28. The summed E-state index contributed by atoms with van der Waals surface area (Å²) in [5.74, 6) is 0.0946. The summed E-state index contributed by atoms with van der Waals surface area (Å²) in [6.07, 6.45) is 0. The lowest BCUT2D eigenvalue weighted by Crippen LogP contribution is -2.41. The molecule has 0 radical (unpaired) electrons. The standard InChI is InChI=1S/C12H15N3O2S/c1-10-9-14-6-7-18(16,17)15(10)12-4-2-11(8-13)3-5-12/h2-5,10,14H,6-7,9H2,1H3. The molecule has 18 heavy (non-hydrogen) atoms. The zero-order valence-corrected chi connectivity index (χ0v) is 10.9. The number of rotatable bonds is 1. The molecular weight excluding hydrogens is 250 g/mol. The summed E-state index contributed by atoms with van der Waals surface area (Å²) in [6, 6.07) is 8.51. The van der Waals surface area contributed by atoms with E-state index >= 15 is 0 Å². The monoisotopic (exact) mass is 265 g/mol. The normalized spacial score (nSPS) is 23.1. The van der Waals surface area contributed by atoms with Crippen LogP contribution in [0.1, 0.15) is 12.5 Å². The zero-order chi connectivity index (χ0) is 13.2. The van der Waals surface area contributed by atoms with Gasteiger partial charge in [-0.05, 0) is 31.2 Å². The van der Waals surface area contributed by atoms with Crippen LogP contribution in [-0.2, 0) is 10.0 Å². The van der Waals surface area contributed by atoms with Crippen molar-refractivity contribution in [1.82, 2.24) is 5.32 Å². The van der Waals surface area contributed by atoms with Crippen LogP contribution in [0.4, 0.5) is 5.69 Å². The predicted molar refractivity (Wildman–Crippen MR) is 69.8 cm³/mol. The van der Waals surface area contributed by atoms with Gasteiger partial charge in [-0.3, -0.25) is 4.31 Å². The average molecular weight is 265 g/mol. The molecule has 1 unspecified atom stereocenters. The zero-order valence-electron chi connectivity index (χ0n) is 10.1. The largest absolute Gasteiger partial charge is 0.314 e. The van der Waals surface area contributed by atoms with Gasteiger partial charge in [-0.25, -0.2) is 8.42 Å². The lowest BCUT2D eigenvalue weighted by atomic mass is 10.2. The Kier molecular flexibility index (Phi) is 3.55. The maximum Gasteiger partial charge on any atom is 0.236 e. The van der Waals surface area contributed by atoms with Crippen LogP contribution in [0.15, 0.2) is 24.3 Å². The number of benzene rings is 1. The summed E-state index contributed by atoms with van der Waals surface area (Å²) in [5.41, 5.74) is 1.14. The van der Waals surface area contributed by atoms with Crippen LogP contribution in [0.5, 0.6) is 0 Å². The van der Waals surface area contributed by atoms with Crippen molar-refractivity contribution in [3.05, 3.63) is 29.8 Å². The van der Waals surface area contributed by atoms with E-state index in [1.54, 1.807) is 24.3 Å². The van der Waals surface area contributed by atoms with E-state index in [4.69, 9.17) is 5.26 Å². The summed E-state index contributed by atoms with van der Waals surface area (Å²) in [4.78, 5) is 0. The second-order valence-electron chi connectivity index (χ2n) is 4.32. The van der Waals surface area contributed by atoms with E-state index in [9.17, 15) is 8.42 Å². The van der Waals surface area contributed by atoms with Crippen LogP contribution < -0.4 is 9.62 Å². The van der Waals surface area contributed by atoms with Crippen molar-refractivity contribution in [3.63, 3.8) is 0 Å². The van der Waals surface area contributed by atoms with Crippen molar-refractivity contribution in [3.8, 4) is 6.07 Å². The molecule has 1 fully saturated rings. The molecule has 2 rings (SSSR count). The molecule has 0 aliphatic carbocycles. The minimum absolute atomic E-state index is 0.0946. The van der Waals surface area contributed by atoms with Gasteiger partial charge in [0.15, 0.2) is 0 Å². The third-order valence-corrected chi connectivity index (χ3v) is 4.82. The highest BCUT2D eigenvalue weighted by Gasteiger charge is 2.29. The van der Waals surface area contributed by atoms with Gasteiger partial charge in [0.1, 0.15) is 0 Å². The van der Waals surface area contributed by atoms with E-state index in [-0.39, 0.29) is 11.8 Å². The highest BCUT2D eigenvalue weighted by Crippen LogP contribution is 2.22. The number of nitrogens with zero attached hydrogens (tertiary/aromatic N) is 2. The molecule has 1 aromatic rings. The van der Waals surface area contributed by atoms with Crippen molar-refractivity contribution >= 4 is 15.7 Å². The highest BCUT2D eigenvalue weighted by molar-refractivity contribution is 7.92. The Hall–Kier alpha value is -1.58. The smallest absolute Gasteiger partial charge is 0.236 e. The molecule has 1 heterocycles. The van der Waals surface area contributed by atoms with E-state index < -0.39 is 10.0 Å². The molecule has 5 nitrogen and oxygen atoms in total. The molecule has 1 aliphatic heterocycles. The first-order valence-corrected chi connectivity index (χ1v) is 7.38. The molecule has 0 spiro atoms. The van der Waals surface area contributed by atoms with Crippen molar-refractivity contribution < 1.29 is 8.42 Å². The second kappa shape index (κ2) is 4.96. The number of nitriles is 1. The van der Waals surface area contributed by atoms with Gasteiger partial charge in [0.2, 0.25) is 10.0 Å². The van der Waals surface area contributed by atoms with Gasteiger partial charge < -0.3 is 5.32 Å². The Bertz CT molecular complexity index is 560. The third kappa shape index (κ3) is 2.47. The van der Waals surface area contributed by atoms with Gasteiger partial charge in [0.25, 0.3) is 0 Å². The molecule has 0 saturated carbocycles. The molecule has 1 aromatic carbocycles. The molecule has 1 aliphatic rings. The van der Waals surface area contributed by atoms with E-state index in [0.29, 0.717) is 24.3 Å². The van der Waals surface area contributed by atoms with Gasteiger partial charge in [-0.15, -0.1) is 0 Å². The Labute approximate surface area is 107 Å². The molecule has 1 N–H and O–H groups in total. The maximum atomic E-state index is 12.2. The third-order valence-electron chi connectivity index (χ3n) is 2.93. The van der Waals surface area contributed by atoms with Crippen LogP contribution in [0.25, 0.3) is 0 Å². The minimum Gasteiger partial charge on any atom is -0.314 e. The van der Waals surface area contributed by atoms with Gasteiger partial charge in [0, 0.05) is 13.1 Å². The van der Waals surface area contributed by atoms with Gasteiger partial charge >= 0.3 is 0 Å². The number of nitrogens with one attached hydrogen (secondary N) is 1. The first kappa shape index (κ1) is 12.9. The molecule has 6 heteroatoms. The van der Waals surface area contributed by atoms with Gasteiger partial charge in [-0.1, -0.05) is 0 Å². The maximum absolute atomic E-state index is 12.2. The predicted octanol–water partition coefficient (Wildman–Crippen LogP) is 0.686. The summed E-state index contributed by atoms with van der Waals surface area (Å²) in [6.45, 7) is 2.97. The van der Waals surface area contributed by atoms with Crippen molar-refractivity contribution in [2.75, 3.05) is 23.1 Å².